The lowest BCUT2D eigenvalue weighted by Crippen LogP contribution is -2.30. The van der Waals surface area contributed by atoms with E-state index in [1.165, 1.54) is 3.57 Å². The van der Waals surface area contributed by atoms with E-state index in [2.05, 4.69) is 27.9 Å². The Kier molecular flexibility index (Phi) is 6.17. The smallest absolute Gasteiger partial charge is 0.265 e. The third kappa shape index (κ3) is 4.75. The highest BCUT2D eigenvalue weighted by Gasteiger charge is 2.17. The van der Waals surface area contributed by atoms with Gasteiger partial charge in [0.15, 0.2) is 6.10 Å². The van der Waals surface area contributed by atoms with Crippen LogP contribution in [-0.2, 0) is 4.79 Å². The number of anilines is 1. The van der Waals surface area contributed by atoms with Gasteiger partial charge in [-0.25, -0.2) is 0 Å². The third-order valence-corrected chi connectivity index (χ3v) is 5.50. The fourth-order valence-electron chi connectivity index (χ4n) is 2.08. The van der Waals surface area contributed by atoms with Gasteiger partial charge in [0.25, 0.3) is 5.91 Å². The Hall–Kier alpha value is -0.980. The van der Waals surface area contributed by atoms with Crippen LogP contribution in [0.25, 0.3) is 0 Å². The molecule has 0 heterocycles. The molecule has 2 aromatic carbocycles. The minimum atomic E-state index is -0.687. The number of aryl methyl sites for hydroxylation is 2. The number of benzene rings is 2. The van der Waals surface area contributed by atoms with Gasteiger partial charge in [-0.15, -0.1) is 0 Å². The molecule has 122 valence electrons. The number of hydrogen-bond donors (Lipinski definition) is 1. The van der Waals surface area contributed by atoms with Gasteiger partial charge in [0, 0.05) is 14.3 Å². The van der Waals surface area contributed by atoms with E-state index in [0.29, 0.717) is 15.8 Å². The van der Waals surface area contributed by atoms with Crippen molar-refractivity contribution < 1.29 is 9.53 Å². The number of halogens is 3. The summed E-state index contributed by atoms with van der Waals surface area (Å²) in [7, 11) is 0. The van der Waals surface area contributed by atoms with E-state index in [1.54, 1.807) is 25.1 Å². The van der Waals surface area contributed by atoms with Crippen LogP contribution in [0.3, 0.4) is 0 Å². The van der Waals surface area contributed by atoms with Crippen molar-refractivity contribution in [1.29, 1.82) is 0 Å². The summed E-state index contributed by atoms with van der Waals surface area (Å²) in [5.74, 6) is 0.185. The summed E-state index contributed by atoms with van der Waals surface area (Å²) in [4.78, 5) is 12.3. The van der Waals surface area contributed by atoms with E-state index in [-0.39, 0.29) is 5.91 Å². The second kappa shape index (κ2) is 7.73. The molecule has 2 aromatic rings. The van der Waals surface area contributed by atoms with E-state index in [1.807, 2.05) is 26.0 Å². The lowest BCUT2D eigenvalue weighted by molar-refractivity contribution is -0.122. The van der Waals surface area contributed by atoms with Crippen molar-refractivity contribution in [3.05, 3.63) is 55.1 Å². The van der Waals surface area contributed by atoms with E-state index in [0.717, 1.165) is 16.8 Å². The first-order chi connectivity index (χ1) is 10.8. The van der Waals surface area contributed by atoms with Gasteiger partial charge >= 0.3 is 0 Å². The third-order valence-electron chi connectivity index (χ3n) is 3.27. The van der Waals surface area contributed by atoms with Crippen LogP contribution in [0.1, 0.15) is 18.1 Å². The maximum Gasteiger partial charge on any atom is 0.265 e. The monoisotopic (exact) mass is 463 g/mol. The van der Waals surface area contributed by atoms with Crippen molar-refractivity contribution >= 4 is 57.4 Å². The topological polar surface area (TPSA) is 38.3 Å². The van der Waals surface area contributed by atoms with Gasteiger partial charge in [-0.05, 0) is 84.8 Å². The maximum absolute atomic E-state index is 12.3. The molecule has 0 saturated carbocycles. The number of amides is 1. The normalized spacial score (nSPS) is 11.9. The van der Waals surface area contributed by atoms with E-state index in [4.69, 9.17) is 27.9 Å². The van der Waals surface area contributed by atoms with Crippen molar-refractivity contribution in [2.75, 3.05) is 5.32 Å². The molecule has 0 aliphatic carbocycles. The Morgan fingerprint density at radius 3 is 2.35 bits per heavy atom. The molecule has 0 bridgehead atoms. The largest absolute Gasteiger partial charge is 0.479 e. The quantitative estimate of drug-likeness (QED) is 0.597. The van der Waals surface area contributed by atoms with Crippen LogP contribution in [0.2, 0.25) is 10.0 Å². The standard InChI is InChI=1S/C17H16Cl2INO2/c1-9-6-13(7-10(2)16(9)20)21-17(22)11(3)23-15-5-4-12(18)8-14(15)19/h4-8,11H,1-3H3,(H,21,22). The van der Waals surface area contributed by atoms with Gasteiger partial charge in [-0.1, -0.05) is 23.2 Å². The molecule has 0 spiro atoms. The zero-order valence-corrected chi connectivity index (χ0v) is 16.6. The first-order valence-corrected chi connectivity index (χ1v) is 8.80. The van der Waals surface area contributed by atoms with E-state index < -0.39 is 6.10 Å². The summed E-state index contributed by atoms with van der Waals surface area (Å²) < 4.78 is 6.81. The summed E-state index contributed by atoms with van der Waals surface area (Å²) in [6, 6.07) is 8.77. The van der Waals surface area contributed by atoms with Crippen LogP contribution in [0.5, 0.6) is 5.75 Å². The van der Waals surface area contributed by atoms with Gasteiger partial charge in [0.05, 0.1) is 5.02 Å². The first-order valence-electron chi connectivity index (χ1n) is 6.97. The Labute approximate surface area is 159 Å². The summed E-state index contributed by atoms with van der Waals surface area (Å²) in [5, 5.41) is 3.76. The molecule has 0 radical (unpaired) electrons. The van der Waals surface area contributed by atoms with Crippen LogP contribution in [0.15, 0.2) is 30.3 Å². The number of rotatable bonds is 4. The highest BCUT2D eigenvalue weighted by molar-refractivity contribution is 14.1. The highest BCUT2D eigenvalue weighted by atomic mass is 127. The van der Waals surface area contributed by atoms with Crippen molar-refractivity contribution in [2.24, 2.45) is 0 Å². The lowest BCUT2D eigenvalue weighted by Gasteiger charge is -2.16. The summed E-state index contributed by atoms with van der Waals surface area (Å²) in [6.45, 7) is 5.70. The zero-order chi connectivity index (χ0) is 17.1. The van der Waals surface area contributed by atoms with Crippen LogP contribution in [-0.4, -0.2) is 12.0 Å². The Bertz CT molecular complexity index is 726. The second-order valence-corrected chi connectivity index (χ2v) is 7.17. The van der Waals surface area contributed by atoms with Gasteiger partial charge in [0.1, 0.15) is 5.75 Å². The van der Waals surface area contributed by atoms with Crippen molar-refractivity contribution in [3.8, 4) is 5.75 Å². The molecule has 1 N–H and O–H groups in total. The highest BCUT2D eigenvalue weighted by Crippen LogP contribution is 2.28. The van der Waals surface area contributed by atoms with Crippen LogP contribution in [0.4, 0.5) is 5.69 Å². The van der Waals surface area contributed by atoms with Crippen LogP contribution in [0, 0.1) is 17.4 Å². The lowest BCUT2D eigenvalue weighted by atomic mass is 10.1. The predicted octanol–water partition coefficient (Wildman–Crippen LogP) is 5.62. The maximum atomic E-state index is 12.3. The summed E-state index contributed by atoms with van der Waals surface area (Å²) in [5.41, 5.74) is 2.99. The average molecular weight is 464 g/mol. The Balaban J connectivity index is 2.08. The number of hydrogen-bond acceptors (Lipinski definition) is 2. The van der Waals surface area contributed by atoms with Gasteiger partial charge in [-0.3, -0.25) is 4.79 Å². The molecule has 23 heavy (non-hydrogen) atoms. The molecule has 0 fully saturated rings. The first kappa shape index (κ1) is 18.4. The summed E-state index contributed by atoms with van der Waals surface area (Å²) in [6.07, 6.45) is -0.687. The fourth-order valence-corrected chi connectivity index (χ4v) is 2.84. The van der Waals surface area contributed by atoms with Crippen LogP contribution >= 0.6 is 45.8 Å². The molecule has 0 aliphatic heterocycles. The molecule has 1 atom stereocenters. The van der Waals surface area contributed by atoms with Gasteiger partial charge in [0.2, 0.25) is 0 Å². The zero-order valence-electron chi connectivity index (χ0n) is 12.9. The molecule has 1 unspecified atom stereocenters. The Morgan fingerprint density at radius 2 is 1.78 bits per heavy atom. The van der Waals surface area contributed by atoms with Crippen molar-refractivity contribution in [1.82, 2.24) is 0 Å². The van der Waals surface area contributed by atoms with Crippen LogP contribution < -0.4 is 10.1 Å². The van der Waals surface area contributed by atoms with Gasteiger partial charge < -0.3 is 10.1 Å². The molecule has 3 nitrogen and oxygen atoms in total. The average Bonchev–Trinajstić information content (AvgIpc) is 2.47. The minimum Gasteiger partial charge on any atom is -0.479 e. The predicted molar refractivity (Wildman–Crippen MR) is 104 cm³/mol. The molecule has 6 heteroatoms. The van der Waals surface area contributed by atoms with Crippen molar-refractivity contribution in [3.63, 3.8) is 0 Å². The summed E-state index contributed by atoms with van der Waals surface area (Å²) >= 11 is 14.2. The molecular formula is C17H16Cl2INO2. The molecule has 0 aliphatic rings. The Morgan fingerprint density at radius 1 is 1.17 bits per heavy atom. The SMILES string of the molecule is Cc1cc(NC(=O)C(C)Oc2ccc(Cl)cc2Cl)cc(C)c1I. The molecular weight excluding hydrogens is 448 g/mol. The number of ether oxygens (including phenoxy) is 1. The molecule has 0 aromatic heterocycles. The molecule has 0 saturated heterocycles. The van der Waals surface area contributed by atoms with Gasteiger partial charge in [-0.2, -0.15) is 0 Å². The number of carbonyl (C=O) groups excluding carboxylic acids is 1. The molecule has 1 amide bonds. The minimum absolute atomic E-state index is 0.240. The number of nitrogens with one attached hydrogen (secondary N) is 1. The van der Waals surface area contributed by atoms with E-state index in [9.17, 15) is 4.79 Å². The van der Waals surface area contributed by atoms with E-state index >= 15 is 0 Å². The fraction of sp³-hybridized carbons (Fsp3) is 0.235. The molecule has 2 rings (SSSR count). The second-order valence-electron chi connectivity index (χ2n) is 5.25. The number of carbonyl (C=O) groups is 1. The van der Waals surface area contributed by atoms with Crippen molar-refractivity contribution in [2.45, 2.75) is 26.9 Å².